The molecule has 0 atom stereocenters. The molecule has 1 aliphatic rings. The Bertz CT molecular complexity index is 1340. The summed E-state index contributed by atoms with van der Waals surface area (Å²) in [7, 11) is 0. The average Bonchev–Trinajstić information content (AvgIpc) is 3.44. The zero-order valence-corrected chi connectivity index (χ0v) is 20.2. The normalized spacial score (nSPS) is 18.9. The van der Waals surface area contributed by atoms with Crippen molar-refractivity contribution < 1.29 is 0 Å². The number of aromatic amines is 1. The molecule has 170 valence electrons. The van der Waals surface area contributed by atoms with Crippen molar-refractivity contribution in [2.45, 2.75) is 78.1 Å². The summed E-state index contributed by atoms with van der Waals surface area (Å²) in [6.07, 6.45) is 16.2. The van der Waals surface area contributed by atoms with Crippen LogP contribution in [-0.2, 0) is 0 Å². The summed E-state index contributed by atoms with van der Waals surface area (Å²) in [5, 5.41) is 4.40. The van der Waals surface area contributed by atoms with Crippen LogP contribution in [0.5, 0.6) is 0 Å². The fraction of sp³-hybridized carbons (Fsp3) is 0.464. The van der Waals surface area contributed by atoms with Gasteiger partial charge in [-0.25, -0.2) is 9.50 Å². The summed E-state index contributed by atoms with van der Waals surface area (Å²) in [6.45, 7) is 8.81. The van der Waals surface area contributed by atoms with Crippen LogP contribution in [0.3, 0.4) is 0 Å². The highest BCUT2D eigenvalue weighted by Crippen LogP contribution is 2.40. The van der Waals surface area contributed by atoms with E-state index in [1.54, 1.807) is 6.33 Å². The predicted octanol–water partition coefficient (Wildman–Crippen LogP) is 6.70. The van der Waals surface area contributed by atoms with Gasteiger partial charge in [-0.05, 0) is 81.0 Å². The van der Waals surface area contributed by atoms with Gasteiger partial charge in [0, 0.05) is 35.4 Å². The summed E-state index contributed by atoms with van der Waals surface area (Å²) >= 11 is 0. The zero-order valence-electron chi connectivity index (χ0n) is 20.2. The third-order valence-corrected chi connectivity index (χ3v) is 7.64. The van der Waals surface area contributed by atoms with Gasteiger partial charge in [0.1, 0.15) is 6.33 Å². The number of hydrogen-bond acceptors (Lipinski definition) is 3. The van der Waals surface area contributed by atoms with Crippen molar-refractivity contribution in [3.63, 3.8) is 0 Å². The second kappa shape index (κ2) is 8.67. The smallest absolute Gasteiger partial charge is 0.158 e. The maximum atomic E-state index is 5.47. The number of aryl methyl sites for hydroxylation is 1. The highest BCUT2D eigenvalue weighted by atomic mass is 15.3. The lowest BCUT2D eigenvalue weighted by Gasteiger charge is -2.28. The molecular weight excluding hydrogens is 406 g/mol. The van der Waals surface area contributed by atoms with Crippen molar-refractivity contribution in [3.8, 4) is 23.6 Å². The summed E-state index contributed by atoms with van der Waals surface area (Å²) in [6, 6.07) is 4.46. The van der Waals surface area contributed by atoms with Crippen LogP contribution in [-0.4, -0.2) is 24.6 Å². The lowest BCUT2D eigenvalue weighted by molar-refractivity contribution is 0.310. The Kier molecular flexibility index (Phi) is 5.70. The van der Waals surface area contributed by atoms with E-state index in [4.69, 9.17) is 11.4 Å². The topological polar surface area (TPSA) is 58.9 Å². The molecule has 0 amide bonds. The van der Waals surface area contributed by atoms with Gasteiger partial charge >= 0.3 is 0 Å². The molecule has 1 fully saturated rings. The molecule has 0 bridgehead atoms. The molecule has 0 aromatic carbocycles. The minimum absolute atomic E-state index is 0.349. The van der Waals surface area contributed by atoms with Gasteiger partial charge in [-0.3, -0.25) is 4.98 Å². The fourth-order valence-corrected chi connectivity index (χ4v) is 5.59. The van der Waals surface area contributed by atoms with E-state index >= 15 is 0 Å². The van der Waals surface area contributed by atoms with Crippen LogP contribution in [0.1, 0.15) is 86.6 Å². The largest absolute Gasteiger partial charge is 0.353 e. The van der Waals surface area contributed by atoms with Gasteiger partial charge in [-0.2, -0.15) is 5.10 Å². The van der Waals surface area contributed by atoms with E-state index in [1.165, 1.54) is 54.5 Å². The third kappa shape index (κ3) is 3.82. The van der Waals surface area contributed by atoms with Gasteiger partial charge in [-0.1, -0.05) is 13.8 Å². The summed E-state index contributed by atoms with van der Waals surface area (Å²) in [4.78, 5) is 13.4. The Morgan fingerprint density at radius 3 is 2.67 bits per heavy atom. The van der Waals surface area contributed by atoms with Crippen LogP contribution < -0.4 is 0 Å². The number of nitrogens with one attached hydrogen (secondary N) is 1. The van der Waals surface area contributed by atoms with Gasteiger partial charge in [0.25, 0.3) is 0 Å². The number of aromatic nitrogens is 5. The molecular formula is C28H33N5. The molecule has 4 aromatic heterocycles. The number of H-pyrrole nitrogens is 1. The van der Waals surface area contributed by atoms with Crippen molar-refractivity contribution in [1.29, 1.82) is 0 Å². The number of terminal acetylenes is 1. The van der Waals surface area contributed by atoms with Gasteiger partial charge in [-0.15, -0.1) is 12.3 Å². The Morgan fingerprint density at radius 1 is 1.15 bits per heavy atom. The molecule has 5 nitrogen and oxygen atoms in total. The Hall–Kier alpha value is -3.13. The van der Waals surface area contributed by atoms with E-state index in [2.05, 4.69) is 67.0 Å². The summed E-state index contributed by atoms with van der Waals surface area (Å²) < 4.78 is 1.88. The first-order valence-corrected chi connectivity index (χ1v) is 12.2. The lowest BCUT2D eigenvalue weighted by Crippen LogP contribution is -2.14. The monoisotopic (exact) mass is 439 g/mol. The van der Waals surface area contributed by atoms with E-state index in [0.717, 1.165) is 40.3 Å². The van der Waals surface area contributed by atoms with Crippen molar-refractivity contribution in [3.05, 3.63) is 47.0 Å². The standard InChI is InChI=1S/C28H33N5/c1-6-7-8-20-9-11-21(12-10-20)23-13-14-24-27(31-23)25(17(2)3)26(32-24)22-15-33-28(29-16-30-33)19(5)18(22)4/h1,13-17,20-21,32H,7-12H2,2-5H3. The number of rotatable bonds is 5. The number of nitrogens with zero attached hydrogens (tertiary/aromatic N) is 4. The van der Waals surface area contributed by atoms with E-state index in [9.17, 15) is 0 Å². The molecule has 1 saturated carbocycles. The molecule has 33 heavy (non-hydrogen) atoms. The molecule has 1 N–H and O–H groups in total. The van der Waals surface area contributed by atoms with Crippen molar-refractivity contribution in [1.82, 2.24) is 24.6 Å². The Balaban J connectivity index is 1.54. The van der Waals surface area contributed by atoms with Crippen LogP contribution in [0.15, 0.2) is 24.7 Å². The van der Waals surface area contributed by atoms with Crippen molar-refractivity contribution >= 4 is 16.7 Å². The first kappa shape index (κ1) is 21.7. The van der Waals surface area contributed by atoms with E-state index in [0.29, 0.717) is 11.8 Å². The highest BCUT2D eigenvalue weighted by molar-refractivity contribution is 5.89. The van der Waals surface area contributed by atoms with E-state index in [1.807, 2.05) is 4.52 Å². The number of pyridine rings is 2. The van der Waals surface area contributed by atoms with Crippen LogP contribution in [0.2, 0.25) is 0 Å². The molecule has 4 heterocycles. The number of fused-ring (bicyclic) bond motifs is 2. The summed E-state index contributed by atoms with van der Waals surface area (Å²) in [5.41, 5.74) is 10.4. The van der Waals surface area contributed by atoms with Gasteiger partial charge in [0.2, 0.25) is 0 Å². The Labute approximate surface area is 196 Å². The number of hydrogen-bond donors (Lipinski definition) is 1. The maximum Gasteiger partial charge on any atom is 0.158 e. The molecule has 1 aliphatic carbocycles. The molecule has 5 heteroatoms. The van der Waals surface area contributed by atoms with Crippen LogP contribution >= 0.6 is 0 Å². The van der Waals surface area contributed by atoms with Gasteiger partial charge < -0.3 is 4.98 Å². The summed E-state index contributed by atoms with van der Waals surface area (Å²) in [5.74, 6) is 4.48. The quantitative estimate of drug-likeness (QED) is 0.352. The van der Waals surface area contributed by atoms with Crippen LogP contribution in [0.4, 0.5) is 0 Å². The van der Waals surface area contributed by atoms with Gasteiger partial charge in [0.15, 0.2) is 5.65 Å². The molecule has 0 unspecified atom stereocenters. The molecule has 0 spiro atoms. The van der Waals surface area contributed by atoms with E-state index in [-0.39, 0.29) is 0 Å². The Morgan fingerprint density at radius 2 is 1.94 bits per heavy atom. The second-order valence-electron chi connectivity index (χ2n) is 9.98. The van der Waals surface area contributed by atoms with Crippen LogP contribution in [0.25, 0.3) is 27.9 Å². The van der Waals surface area contributed by atoms with E-state index < -0.39 is 0 Å². The first-order chi connectivity index (χ1) is 16.0. The zero-order chi connectivity index (χ0) is 23.1. The molecule has 4 aromatic rings. The molecule has 0 saturated heterocycles. The van der Waals surface area contributed by atoms with Crippen molar-refractivity contribution in [2.75, 3.05) is 0 Å². The van der Waals surface area contributed by atoms with Crippen molar-refractivity contribution in [2.24, 2.45) is 5.92 Å². The maximum absolute atomic E-state index is 5.47. The van der Waals surface area contributed by atoms with Crippen LogP contribution in [0, 0.1) is 32.1 Å². The minimum Gasteiger partial charge on any atom is -0.353 e. The first-order valence-electron chi connectivity index (χ1n) is 12.2. The van der Waals surface area contributed by atoms with Gasteiger partial charge in [0.05, 0.1) is 16.7 Å². The third-order valence-electron chi connectivity index (χ3n) is 7.64. The average molecular weight is 440 g/mol. The second-order valence-corrected chi connectivity index (χ2v) is 9.98. The lowest BCUT2D eigenvalue weighted by atomic mass is 9.78. The molecule has 0 radical (unpaired) electrons. The fourth-order valence-electron chi connectivity index (χ4n) is 5.59. The SMILES string of the molecule is C#CCCC1CCC(c2ccc3[nH]c(-c4cn5ncnc5c(C)c4C)c(C(C)C)c3n2)CC1. The molecule has 5 rings (SSSR count). The highest BCUT2D eigenvalue weighted by Gasteiger charge is 2.25. The minimum atomic E-state index is 0.349. The predicted molar refractivity (Wildman–Crippen MR) is 134 cm³/mol. The molecule has 0 aliphatic heterocycles.